The zero-order chi connectivity index (χ0) is 23.7. The molecule has 33 heavy (non-hydrogen) atoms. The molecular formula is C23H26N6O4. The number of aromatic nitrogens is 3. The minimum absolute atomic E-state index is 0.00961. The van der Waals surface area contributed by atoms with Gasteiger partial charge in [-0.25, -0.2) is 9.97 Å². The number of anilines is 1. The van der Waals surface area contributed by atoms with Gasteiger partial charge in [-0.2, -0.15) is 0 Å². The van der Waals surface area contributed by atoms with Gasteiger partial charge in [0.15, 0.2) is 0 Å². The lowest BCUT2D eigenvalue weighted by atomic mass is 9.89. The highest BCUT2D eigenvalue weighted by atomic mass is 16.5. The third kappa shape index (κ3) is 4.50. The van der Waals surface area contributed by atoms with Crippen molar-refractivity contribution in [3.8, 4) is 5.88 Å². The van der Waals surface area contributed by atoms with Crippen molar-refractivity contribution in [2.24, 2.45) is 11.7 Å². The number of aryl methyl sites for hydroxylation is 1. The number of imidazole rings is 1. The van der Waals surface area contributed by atoms with Gasteiger partial charge in [-0.05, 0) is 49.4 Å². The molecule has 0 spiro atoms. The Balaban J connectivity index is 1.58. The van der Waals surface area contributed by atoms with Crippen LogP contribution in [0.15, 0.2) is 30.5 Å². The molecule has 0 saturated carbocycles. The van der Waals surface area contributed by atoms with Gasteiger partial charge in [0, 0.05) is 6.54 Å². The first-order valence-electron chi connectivity index (χ1n) is 10.7. The van der Waals surface area contributed by atoms with E-state index in [9.17, 15) is 14.4 Å². The number of likely N-dealkylation sites (tertiary alicyclic amines) is 1. The number of primary amides is 1. The Labute approximate surface area is 190 Å². The zero-order valence-electron chi connectivity index (χ0n) is 18.7. The summed E-state index contributed by atoms with van der Waals surface area (Å²) in [7, 11) is 1.36. The van der Waals surface area contributed by atoms with Crippen LogP contribution in [-0.4, -0.2) is 51.2 Å². The quantitative estimate of drug-likeness (QED) is 0.521. The monoisotopic (exact) mass is 450 g/mol. The number of H-pyrrole nitrogens is 1. The van der Waals surface area contributed by atoms with Gasteiger partial charge in [-0.3, -0.25) is 14.4 Å². The standard InChI is InChI=1S/C23H26N6O4/c1-12-4-7-19(14-5-6-17-18(8-14)27-13(2)26-17)29(11-12)23(32)21(31)28-15-9-16(20(24)30)22(33-3)25-10-15/h5-6,8-10,12,19H,4,7,11H2,1-3H3,(H2,24,30)(H,26,27)(H,28,31)/t12-,19?/m0/s1. The summed E-state index contributed by atoms with van der Waals surface area (Å²) in [6, 6.07) is 6.96. The van der Waals surface area contributed by atoms with Crippen LogP contribution < -0.4 is 15.8 Å². The average molecular weight is 450 g/mol. The number of methoxy groups -OCH3 is 1. The maximum absolute atomic E-state index is 13.2. The normalized spacial score (nSPS) is 18.2. The van der Waals surface area contributed by atoms with Gasteiger partial charge in [0.05, 0.1) is 36.1 Å². The molecule has 4 rings (SSSR count). The molecule has 0 bridgehead atoms. The number of nitrogens with one attached hydrogen (secondary N) is 2. The number of nitrogens with zero attached hydrogens (tertiary/aromatic N) is 3. The molecule has 3 aromatic rings. The Kier molecular flexibility index (Phi) is 5.99. The van der Waals surface area contributed by atoms with E-state index in [2.05, 4.69) is 27.2 Å². The van der Waals surface area contributed by atoms with Crippen molar-refractivity contribution in [3.05, 3.63) is 47.4 Å². The highest BCUT2D eigenvalue weighted by Gasteiger charge is 2.34. The molecule has 3 amide bonds. The Morgan fingerprint density at radius 2 is 2.03 bits per heavy atom. The van der Waals surface area contributed by atoms with Crippen molar-refractivity contribution in [1.82, 2.24) is 19.9 Å². The average Bonchev–Trinajstić information content (AvgIpc) is 3.17. The van der Waals surface area contributed by atoms with Crippen LogP contribution in [0.25, 0.3) is 11.0 Å². The molecule has 2 aromatic heterocycles. The Morgan fingerprint density at radius 3 is 2.76 bits per heavy atom. The molecular weight excluding hydrogens is 424 g/mol. The Bertz CT molecular complexity index is 1240. The van der Waals surface area contributed by atoms with E-state index < -0.39 is 17.7 Å². The van der Waals surface area contributed by atoms with E-state index in [1.165, 1.54) is 19.4 Å². The number of amides is 3. The van der Waals surface area contributed by atoms with Crippen LogP contribution in [0.5, 0.6) is 5.88 Å². The van der Waals surface area contributed by atoms with E-state index >= 15 is 0 Å². The van der Waals surface area contributed by atoms with Crippen LogP contribution in [-0.2, 0) is 9.59 Å². The predicted octanol–water partition coefficient (Wildman–Crippen LogP) is 2.31. The van der Waals surface area contributed by atoms with E-state index in [-0.39, 0.29) is 29.1 Å². The van der Waals surface area contributed by atoms with Crippen molar-refractivity contribution in [3.63, 3.8) is 0 Å². The molecule has 1 saturated heterocycles. The highest BCUT2D eigenvalue weighted by Crippen LogP contribution is 2.34. The molecule has 1 aliphatic heterocycles. The first kappa shape index (κ1) is 22.3. The smallest absolute Gasteiger partial charge is 0.313 e. The summed E-state index contributed by atoms with van der Waals surface area (Å²) in [5, 5.41) is 2.53. The number of benzene rings is 1. The summed E-state index contributed by atoms with van der Waals surface area (Å²) >= 11 is 0. The van der Waals surface area contributed by atoms with Gasteiger partial charge in [-0.15, -0.1) is 0 Å². The van der Waals surface area contributed by atoms with Crippen LogP contribution >= 0.6 is 0 Å². The van der Waals surface area contributed by atoms with Crippen molar-refractivity contribution < 1.29 is 19.1 Å². The summed E-state index contributed by atoms with van der Waals surface area (Å²) < 4.78 is 5.01. The van der Waals surface area contributed by atoms with E-state index in [4.69, 9.17) is 10.5 Å². The van der Waals surface area contributed by atoms with Gasteiger partial charge >= 0.3 is 11.8 Å². The number of piperidine rings is 1. The van der Waals surface area contributed by atoms with Gasteiger partial charge in [-0.1, -0.05) is 13.0 Å². The number of carbonyl (C=O) groups is 3. The maximum Gasteiger partial charge on any atom is 0.313 e. The molecule has 10 heteroatoms. The second kappa shape index (κ2) is 8.89. The number of aromatic amines is 1. The summed E-state index contributed by atoms with van der Waals surface area (Å²) in [5.41, 5.74) is 8.23. The lowest BCUT2D eigenvalue weighted by Crippen LogP contribution is -2.46. The second-order valence-corrected chi connectivity index (χ2v) is 8.35. The zero-order valence-corrected chi connectivity index (χ0v) is 18.7. The first-order valence-corrected chi connectivity index (χ1v) is 10.7. The molecule has 1 aliphatic rings. The molecule has 1 fully saturated rings. The fourth-order valence-corrected chi connectivity index (χ4v) is 4.26. The second-order valence-electron chi connectivity index (χ2n) is 8.35. The number of fused-ring (bicyclic) bond motifs is 1. The summed E-state index contributed by atoms with van der Waals surface area (Å²) in [6.07, 6.45) is 3.00. The Morgan fingerprint density at radius 1 is 1.24 bits per heavy atom. The van der Waals surface area contributed by atoms with Crippen molar-refractivity contribution in [2.45, 2.75) is 32.7 Å². The number of nitrogens with two attached hydrogens (primary N) is 1. The van der Waals surface area contributed by atoms with Crippen LogP contribution in [0.3, 0.4) is 0 Å². The molecule has 1 unspecified atom stereocenters. The summed E-state index contributed by atoms with van der Waals surface area (Å²) in [4.78, 5) is 50.9. The van der Waals surface area contributed by atoms with Crippen molar-refractivity contribution >= 4 is 34.4 Å². The predicted molar refractivity (Wildman–Crippen MR) is 122 cm³/mol. The SMILES string of the molecule is COc1ncc(NC(=O)C(=O)N2C[C@@H](C)CCC2c2ccc3nc(C)[nH]c3c2)cc1C(N)=O. The van der Waals surface area contributed by atoms with E-state index in [0.29, 0.717) is 6.54 Å². The van der Waals surface area contributed by atoms with Crippen molar-refractivity contribution in [1.29, 1.82) is 0 Å². The topological polar surface area (TPSA) is 143 Å². The van der Waals surface area contributed by atoms with Crippen LogP contribution in [0.2, 0.25) is 0 Å². The fourth-order valence-electron chi connectivity index (χ4n) is 4.26. The largest absolute Gasteiger partial charge is 0.480 e. The maximum atomic E-state index is 13.2. The van der Waals surface area contributed by atoms with Gasteiger partial charge in [0.2, 0.25) is 5.88 Å². The minimum Gasteiger partial charge on any atom is -0.480 e. The number of hydrogen-bond donors (Lipinski definition) is 3. The van der Waals surface area contributed by atoms with E-state index in [0.717, 1.165) is 35.3 Å². The molecule has 0 aliphatic carbocycles. The first-order chi connectivity index (χ1) is 15.8. The van der Waals surface area contributed by atoms with Crippen LogP contribution in [0, 0.1) is 12.8 Å². The van der Waals surface area contributed by atoms with E-state index in [1.54, 1.807) is 4.90 Å². The number of pyridine rings is 1. The third-order valence-corrected chi connectivity index (χ3v) is 5.85. The minimum atomic E-state index is -0.810. The molecule has 2 atom stereocenters. The molecule has 1 aromatic carbocycles. The molecule has 10 nitrogen and oxygen atoms in total. The van der Waals surface area contributed by atoms with Gasteiger partial charge < -0.3 is 25.7 Å². The number of ether oxygens (including phenoxy) is 1. The highest BCUT2D eigenvalue weighted by molar-refractivity contribution is 6.39. The lowest BCUT2D eigenvalue weighted by molar-refractivity contribution is -0.146. The van der Waals surface area contributed by atoms with Crippen molar-refractivity contribution in [2.75, 3.05) is 19.0 Å². The fraction of sp³-hybridized carbons (Fsp3) is 0.348. The number of hydrogen-bond acceptors (Lipinski definition) is 6. The molecule has 4 N–H and O–H groups in total. The number of carbonyl (C=O) groups excluding carboxylic acids is 3. The molecule has 0 radical (unpaired) electrons. The van der Waals surface area contributed by atoms with E-state index in [1.807, 2.05) is 25.1 Å². The summed E-state index contributed by atoms with van der Waals surface area (Å²) in [6.45, 7) is 4.41. The van der Waals surface area contributed by atoms with Crippen LogP contribution in [0.4, 0.5) is 5.69 Å². The van der Waals surface area contributed by atoms with Crippen LogP contribution in [0.1, 0.15) is 47.6 Å². The lowest BCUT2D eigenvalue weighted by Gasteiger charge is -2.38. The van der Waals surface area contributed by atoms with Gasteiger partial charge in [0.25, 0.3) is 5.91 Å². The van der Waals surface area contributed by atoms with Gasteiger partial charge in [0.1, 0.15) is 11.4 Å². The molecule has 3 heterocycles. The number of rotatable bonds is 4. The Hall–Kier alpha value is -3.95. The third-order valence-electron chi connectivity index (χ3n) is 5.85. The molecule has 172 valence electrons. The summed E-state index contributed by atoms with van der Waals surface area (Å²) in [5.74, 6) is -1.09.